The number of carbonyl (C=O) groups excluding carboxylic acids is 3. The molecule has 0 aliphatic carbocycles. The van der Waals surface area contributed by atoms with Gasteiger partial charge in [0.25, 0.3) is 0 Å². The maximum atomic E-state index is 12.8. The number of hydrogen-bond donors (Lipinski definition) is 0. The van der Waals surface area contributed by atoms with E-state index in [0.717, 1.165) is 122 Å². The van der Waals surface area contributed by atoms with Crippen LogP contribution in [-0.4, -0.2) is 37.2 Å². The molecule has 6 nitrogen and oxygen atoms in total. The largest absolute Gasteiger partial charge is 0.462 e. The van der Waals surface area contributed by atoms with Gasteiger partial charge in [0.1, 0.15) is 13.2 Å². The minimum absolute atomic E-state index is 0.0926. The standard InChI is InChI=1S/C55H94O6/c1-4-7-10-13-16-19-22-25-27-30-33-36-39-42-45-48-54(57)60-51-52(50-59-53(56)47-44-41-38-35-32-29-24-21-18-15-12-9-6-3)61-55(58)49-46-43-40-37-34-31-28-26-23-20-17-14-11-8-5-2/h7,9-10,12,16,18-19,21,25,27,29,32,52H,4-6,8,11,13-15,17,20,22-24,26,28,30-31,33-51H2,1-3H3/b10-7-,12-9-,19-16-,21-18-,27-25-,32-29-. The van der Waals surface area contributed by atoms with Crippen molar-refractivity contribution in [3.8, 4) is 0 Å². The van der Waals surface area contributed by atoms with E-state index in [2.05, 4.69) is 93.7 Å². The van der Waals surface area contributed by atoms with Crippen molar-refractivity contribution in [1.29, 1.82) is 0 Å². The summed E-state index contributed by atoms with van der Waals surface area (Å²) in [4.78, 5) is 37.9. The van der Waals surface area contributed by atoms with E-state index in [0.29, 0.717) is 19.3 Å². The highest BCUT2D eigenvalue weighted by atomic mass is 16.6. The average Bonchev–Trinajstić information content (AvgIpc) is 3.26. The third-order valence-corrected chi connectivity index (χ3v) is 10.7. The predicted molar refractivity (Wildman–Crippen MR) is 261 cm³/mol. The van der Waals surface area contributed by atoms with Crippen molar-refractivity contribution >= 4 is 17.9 Å². The molecule has 0 saturated carbocycles. The highest BCUT2D eigenvalue weighted by Crippen LogP contribution is 2.15. The first-order chi connectivity index (χ1) is 30.0. The van der Waals surface area contributed by atoms with Crippen LogP contribution in [0.1, 0.15) is 239 Å². The molecule has 0 aliphatic heterocycles. The lowest BCUT2D eigenvalue weighted by Gasteiger charge is -2.18. The highest BCUT2D eigenvalue weighted by Gasteiger charge is 2.19. The molecule has 0 heterocycles. The minimum atomic E-state index is -0.792. The molecule has 0 N–H and O–H groups in total. The number of esters is 3. The lowest BCUT2D eigenvalue weighted by atomic mass is 10.0. The SMILES string of the molecule is CC/C=C\C/C=C\C/C=C\CCCCCCCC(=O)OCC(COC(=O)CCCCC/C=C\C/C=C\C/C=C\CC)OC(=O)CCCCCCCCCCCCCCCCC. The van der Waals surface area contributed by atoms with Crippen molar-refractivity contribution < 1.29 is 28.6 Å². The second kappa shape index (κ2) is 49.5. The fourth-order valence-corrected chi connectivity index (χ4v) is 6.94. The Bertz CT molecular complexity index is 1160. The zero-order valence-corrected chi connectivity index (χ0v) is 39.9. The summed E-state index contributed by atoms with van der Waals surface area (Å²) < 4.78 is 16.8. The molecule has 61 heavy (non-hydrogen) atoms. The molecule has 0 bridgehead atoms. The fraction of sp³-hybridized carbons (Fsp3) is 0.727. The number of carbonyl (C=O) groups is 3. The number of unbranched alkanes of at least 4 members (excludes halogenated alkanes) is 22. The molecule has 0 aliphatic rings. The second-order valence-electron chi connectivity index (χ2n) is 16.7. The fourth-order valence-electron chi connectivity index (χ4n) is 6.94. The first kappa shape index (κ1) is 57.9. The predicted octanol–water partition coefficient (Wildman–Crippen LogP) is 16.6. The first-order valence-corrected chi connectivity index (χ1v) is 25.4. The van der Waals surface area contributed by atoms with Gasteiger partial charge in [0.15, 0.2) is 6.10 Å². The lowest BCUT2D eigenvalue weighted by molar-refractivity contribution is -0.167. The summed E-state index contributed by atoms with van der Waals surface area (Å²) >= 11 is 0. The third-order valence-electron chi connectivity index (χ3n) is 10.7. The number of hydrogen-bond acceptors (Lipinski definition) is 6. The first-order valence-electron chi connectivity index (χ1n) is 25.4. The van der Waals surface area contributed by atoms with E-state index < -0.39 is 6.10 Å². The maximum Gasteiger partial charge on any atom is 0.306 e. The van der Waals surface area contributed by atoms with Gasteiger partial charge in [-0.3, -0.25) is 14.4 Å². The van der Waals surface area contributed by atoms with E-state index in [-0.39, 0.29) is 31.1 Å². The number of rotatable bonds is 45. The van der Waals surface area contributed by atoms with Crippen LogP contribution in [0.2, 0.25) is 0 Å². The number of allylic oxidation sites excluding steroid dienone is 12. The minimum Gasteiger partial charge on any atom is -0.462 e. The van der Waals surface area contributed by atoms with Crippen LogP contribution in [0, 0.1) is 0 Å². The topological polar surface area (TPSA) is 78.9 Å². The third kappa shape index (κ3) is 47.7. The van der Waals surface area contributed by atoms with Gasteiger partial charge >= 0.3 is 17.9 Å². The summed E-state index contributed by atoms with van der Waals surface area (Å²) in [7, 11) is 0. The highest BCUT2D eigenvalue weighted by molar-refractivity contribution is 5.71. The Morgan fingerprint density at radius 2 is 0.639 bits per heavy atom. The average molecular weight is 851 g/mol. The van der Waals surface area contributed by atoms with Gasteiger partial charge in [0.2, 0.25) is 0 Å². The van der Waals surface area contributed by atoms with Crippen LogP contribution in [0.4, 0.5) is 0 Å². The van der Waals surface area contributed by atoms with E-state index in [4.69, 9.17) is 14.2 Å². The summed E-state index contributed by atoms with van der Waals surface area (Å²) in [6.45, 7) is 6.38. The van der Waals surface area contributed by atoms with Crippen LogP contribution in [0.25, 0.3) is 0 Å². The zero-order valence-electron chi connectivity index (χ0n) is 39.9. The molecule has 6 heteroatoms. The van der Waals surface area contributed by atoms with Crippen LogP contribution < -0.4 is 0 Å². The quantitative estimate of drug-likeness (QED) is 0.0263. The second-order valence-corrected chi connectivity index (χ2v) is 16.7. The molecule has 0 saturated heterocycles. The van der Waals surface area contributed by atoms with Crippen LogP contribution in [0.3, 0.4) is 0 Å². The van der Waals surface area contributed by atoms with Crippen molar-refractivity contribution in [2.45, 2.75) is 245 Å². The molecule has 0 aromatic rings. The molecule has 0 aromatic heterocycles. The van der Waals surface area contributed by atoms with Crippen LogP contribution in [0.5, 0.6) is 0 Å². The van der Waals surface area contributed by atoms with Crippen LogP contribution in [0.15, 0.2) is 72.9 Å². The van der Waals surface area contributed by atoms with Crippen molar-refractivity contribution in [3.05, 3.63) is 72.9 Å². The van der Waals surface area contributed by atoms with Crippen LogP contribution in [-0.2, 0) is 28.6 Å². The molecule has 0 fully saturated rings. The van der Waals surface area contributed by atoms with E-state index in [1.54, 1.807) is 0 Å². The van der Waals surface area contributed by atoms with Gasteiger partial charge in [0.05, 0.1) is 0 Å². The van der Waals surface area contributed by atoms with E-state index in [9.17, 15) is 14.4 Å². The Labute approximate surface area is 376 Å². The normalized spacial score (nSPS) is 12.6. The molecule has 0 aromatic carbocycles. The van der Waals surface area contributed by atoms with Gasteiger partial charge in [-0.15, -0.1) is 0 Å². The Balaban J connectivity index is 4.44. The van der Waals surface area contributed by atoms with Gasteiger partial charge < -0.3 is 14.2 Å². The molecular weight excluding hydrogens is 757 g/mol. The van der Waals surface area contributed by atoms with Crippen molar-refractivity contribution in [2.75, 3.05) is 13.2 Å². The molecule has 0 amide bonds. The monoisotopic (exact) mass is 851 g/mol. The number of ether oxygens (including phenoxy) is 3. The Hall–Kier alpha value is -3.15. The van der Waals surface area contributed by atoms with Crippen molar-refractivity contribution in [2.24, 2.45) is 0 Å². The maximum absolute atomic E-state index is 12.8. The summed E-state index contributed by atoms with van der Waals surface area (Å²) in [5, 5.41) is 0. The molecule has 1 atom stereocenters. The van der Waals surface area contributed by atoms with Gasteiger partial charge in [-0.1, -0.05) is 209 Å². The molecule has 0 rings (SSSR count). The Morgan fingerprint density at radius 3 is 1.02 bits per heavy atom. The van der Waals surface area contributed by atoms with Crippen LogP contribution >= 0.6 is 0 Å². The van der Waals surface area contributed by atoms with E-state index >= 15 is 0 Å². The van der Waals surface area contributed by atoms with Gasteiger partial charge in [-0.05, 0) is 83.5 Å². The van der Waals surface area contributed by atoms with Gasteiger partial charge in [-0.25, -0.2) is 0 Å². The zero-order chi connectivity index (χ0) is 44.4. The summed E-state index contributed by atoms with van der Waals surface area (Å²) in [6, 6.07) is 0. The van der Waals surface area contributed by atoms with Crippen molar-refractivity contribution in [3.63, 3.8) is 0 Å². The summed E-state index contributed by atoms with van der Waals surface area (Å²) in [5.41, 5.74) is 0. The molecule has 1 unspecified atom stereocenters. The summed E-state index contributed by atoms with van der Waals surface area (Å²) in [5.74, 6) is -0.935. The Morgan fingerprint density at radius 1 is 0.344 bits per heavy atom. The molecule has 0 spiro atoms. The Kier molecular flexibility index (Phi) is 46.9. The van der Waals surface area contributed by atoms with Gasteiger partial charge in [-0.2, -0.15) is 0 Å². The molecule has 350 valence electrons. The summed E-state index contributed by atoms with van der Waals surface area (Å²) in [6.07, 6.45) is 61.7. The molecule has 0 radical (unpaired) electrons. The molecular formula is C55H94O6. The lowest BCUT2D eigenvalue weighted by Crippen LogP contribution is -2.30. The van der Waals surface area contributed by atoms with E-state index in [1.165, 1.54) is 77.0 Å². The van der Waals surface area contributed by atoms with Crippen molar-refractivity contribution in [1.82, 2.24) is 0 Å². The smallest absolute Gasteiger partial charge is 0.306 e. The van der Waals surface area contributed by atoms with E-state index in [1.807, 2.05) is 0 Å². The van der Waals surface area contributed by atoms with Gasteiger partial charge in [0, 0.05) is 19.3 Å².